The first kappa shape index (κ1) is 14.1. The third-order valence-corrected chi connectivity index (χ3v) is 3.37. The molecule has 2 aromatic rings. The monoisotopic (exact) mass is 277 g/mol. The Morgan fingerprint density at radius 3 is 2.74 bits per heavy atom. The van der Waals surface area contributed by atoms with Crippen molar-refractivity contribution in [1.29, 1.82) is 0 Å². The van der Waals surface area contributed by atoms with Crippen molar-refractivity contribution in [2.24, 2.45) is 7.05 Å². The summed E-state index contributed by atoms with van der Waals surface area (Å²) in [5, 5.41) is 8.60. The Labute approximate surface area is 119 Å². The molecule has 0 amide bonds. The van der Waals surface area contributed by atoms with Gasteiger partial charge in [-0.05, 0) is 49.2 Å². The summed E-state index contributed by atoms with van der Waals surface area (Å²) in [5.74, 6) is 0. The summed E-state index contributed by atoms with van der Waals surface area (Å²) in [6.45, 7) is 5.19. The van der Waals surface area contributed by atoms with Crippen LogP contribution in [0.2, 0.25) is 5.02 Å². The molecule has 3 nitrogen and oxygen atoms in total. The van der Waals surface area contributed by atoms with Crippen LogP contribution in [0.25, 0.3) is 0 Å². The van der Waals surface area contributed by atoms with Gasteiger partial charge in [-0.15, -0.1) is 0 Å². The van der Waals surface area contributed by atoms with E-state index in [9.17, 15) is 0 Å². The predicted molar refractivity (Wildman–Crippen MR) is 79.5 cm³/mol. The number of nitrogens with one attached hydrogen (secondary N) is 1. The number of rotatable bonds is 5. The normalized spacial score (nSPS) is 12.6. The van der Waals surface area contributed by atoms with Gasteiger partial charge in [-0.1, -0.05) is 24.6 Å². The largest absolute Gasteiger partial charge is 0.305 e. The van der Waals surface area contributed by atoms with Crippen molar-refractivity contribution in [1.82, 2.24) is 15.1 Å². The zero-order valence-corrected chi connectivity index (χ0v) is 12.4. The van der Waals surface area contributed by atoms with Crippen LogP contribution < -0.4 is 5.32 Å². The van der Waals surface area contributed by atoms with E-state index < -0.39 is 0 Å². The van der Waals surface area contributed by atoms with Gasteiger partial charge in [-0.2, -0.15) is 5.10 Å². The van der Waals surface area contributed by atoms with Crippen LogP contribution in [0.5, 0.6) is 0 Å². The fraction of sp³-hybridized carbons (Fsp3) is 0.400. The van der Waals surface area contributed by atoms with E-state index in [1.54, 1.807) is 0 Å². The first-order chi connectivity index (χ1) is 9.11. The van der Waals surface area contributed by atoms with E-state index in [2.05, 4.69) is 30.3 Å². The van der Waals surface area contributed by atoms with E-state index >= 15 is 0 Å². The second-order valence-corrected chi connectivity index (χ2v) is 5.27. The molecule has 102 valence electrons. The standard InChI is InChI=1S/C15H20ClN3/c1-4-6-17-15(14-5-7-18-19(14)3)12-8-11(2)9-13(16)10-12/h5,7-10,15,17H,4,6H2,1-3H3. The summed E-state index contributed by atoms with van der Waals surface area (Å²) in [4.78, 5) is 0. The summed E-state index contributed by atoms with van der Waals surface area (Å²) in [7, 11) is 1.97. The molecule has 19 heavy (non-hydrogen) atoms. The lowest BCUT2D eigenvalue weighted by Gasteiger charge is -2.20. The third kappa shape index (κ3) is 3.37. The number of halogens is 1. The number of hydrogen-bond donors (Lipinski definition) is 1. The zero-order valence-electron chi connectivity index (χ0n) is 11.7. The van der Waals surface area contributed by atoms with E-state index in [0.29, 0.717) is 0 Å². The highest BCUT2D eigenvalue weighted by Crippen LogP contribution is 2.25. The lowest BCUT2D eigenvalue weighted by molar-refractivity contribution is 0.553. The molecule has 0 fully saturated rings. The number of aryl methyl sites for hydroxylation is 2. The first-order valence-electron chi connectivity index (χ1n) is 6.60. The predicted octanol–water partition coefficient (Wildman–Crippen LogP) is 3.47. The van der Waals surface area contributed by atoms with Crippen LogP contribution in [0.15, 0.2) is 30.5 Å². The van der Waals surface area contributed by atoms with Gasteiger partial charge in [0.15, 0.2) is 0 Å². The highest BCUT2D eigenvalue weighted by atomic mass is 35.5. The molecule has 0 aliphatic rings. The average Bonchev–Trinajstić information content (AvgIpc) is 2.75. The fourth-order valence-electron chi connectivity index (χ4n) is 2.28. The van der Waals surface area contributed by atoms with Crippen molar-refractivity contribution in [3.63, 3.8) is 0 Å². The molecule has 0 radical (unpaired) electrons. The minimum atomic E-state index is 0.129. The molecule has 0 bridgehead atoms. The second kappa shape index (κ2) is 6.22. The van der Waals surface area contributed by atoms with Crippen LogP contribution in [0.1, 0.15) is 36.2 Å². The van der Waals surface area contributed by atoms with Crippen molar-refractivity contribution in [2.45, 2.75) is 26.3 Å². The van der Waals surface area contributed by atoms with Gasteiger partial charge in [0.25, 0.3) is 0 Å². The van der Waals surface area contributed by atoms with Crippen LogP contribution in [-0.4, -0.2) is 16.3 Å². The molecule has 1 unspecified atom stereocenters. The maximum Gasteiger partial charge on any atom is 0.0748 e. The third-order valence-electron chi connectivity index (χ3n) is 3.15. The molecule has 1 heterocycles. The summed E-state index contributed by atoms with van der Waals surface area (Å²) < 4.78 is 1.91. The Morgan fingerprint density at radius 2 is 2.16 bits per heavy atom. The number of aromatic nitrogens is 2. The molecular formula is C15H20ClN3. The molecule has 0 saturated carbocycles. The Morgan fingerprint density at radius 1 is 1.37 bits per heavy atom. The molecule has 4 heteroatoms. The van der Waals surface area contributed by atoms with Gasteiger partial charge in [0, 0.05) is 18.3 Å². The molecule has 0 saturated heterocycles. The van der Waals surface area contributed by atoms with Gasteiger partial charge < -0.3 is 5.32 Å². The van der Waals surface area contributed by atoms with Gasteiger partial charge in [0.05, 0.1) is 11.7 Å². The lowest BCUT2D eigenvalue weighted by atomic mass is 10.0. The van der Waals surface area contributed by atoms with Crippen LogP contribution in [0.3, 0.4) is 0 Å². The molecule has 0 aliphatic heterocycles. The van der Waals surface area contributed by atoms with E-state index in [1.807, 2.05) is 36.1 Å². The minimum Gasteiger partial charge on any atom is -0.305 e. The SMILES string of the molecule is CCCNC(c1cc(C)cc(Cl)c1)c1ccnn1C. The van der Waals surface area contributed by atoms with E-state index in [1.165, 1.54) is 11.1 Å². The van der Waals surface area contributed by atoms with Crippen LogP contribution in [0.4, 0.5) is 0 Å². The highest BCUT2D eigenvalue weighted by molar-refractivity contribution is 6.30. The quantitative estimate of drug-likeness (QED) is 0.907. The van der Waals surface area contributed by atoms with Gasteiger partial charge >= 0.3 is 0 Å². The first-order valence-corrected chi connectivity index (χ1v) is 6.98. The van der Waals surface area contributed by atoms with Crippen molar-refractivity contribution in [3.8, 4) is 0 Å². The van der Waals surface area contributed by atoms with Crippen LogP contribution >= 0.6 is 11.6 Å². The lowest BCUT2D eigenvalue weighted by Crippen LogP contribution is -2.25. The molecule has 1 atom stereocenters. The average molecular weight is 278 g/mol. The summed E-state index contributed by atoms with van der Waals surface area (Å²) >= 11 is 6.18. The van der Waals surface area contributed by atoms with Crippen LogP contribution in [-0.2, 0) is 7.05 Å². The van der Waals surface area contributed by atoms with Gasteiger partial charge in [0.1, 0.15) is 0 Å². The van der Waals surface area contributed by atoms with E-state index in [0.717, 1.165) is 23.7 Å². The smallest absolute Gasteiger partial charge is 0.0748 e. The van der Waals surface area contributed by atoms with Gasteiger partial charge in [-0.25, -0.2) is 0 Å². The highest BCUT2D eigenvalue weighted by Gasteiger charge is 2.17. The second-order valence-electron chi connectivity index (χ2n) is 4.83. The Bertz CT molecular complexity index is 528. The molecule has 2 rings (SSSR count). The summed E-state index contributed by atoms with van der Waals surface area (Å²) in [6.07, 6.45) is 2.92. The van der Waals surface area contributed by atoms with Crippen LogP contribution in [0, 0.1) is 6.92 Å². The van der Waals surface area contributed by atoms with E-state index in [4.69, 9.17) is 11.6 Å². The number of benzene rings is 1. The van der Waals surface area contributed by atoms with E-state index in [-0.39, 0.29) is 6.04 Å². The number of nitrogens with zero attached hydrogens (tertiary/aromatic N) is 2. The summed E-state index contributed by atoms with van der Waals surface area (Å²) in [6, 6.07) is 8.35. The van der Waals surface area contributed by atoms with Crippen molar-refractivity contribution in [2.75, 3.05) is 6.54 Å². The molecule has 0 aliphatic carbocycles. The Hall–Kier alpha value is -1.32. The summed E-state index contributed by atoms with van der Waals surface area (Å²) in [5.41, 5.74) is 3.50. The Balaban J connectivity index is 2.39. The molecule has 0 spiro atoms. The molecule has 1 aromatic carbocycles. The maximum absolute atomic E-state index is 6.18. The molecule has 1 N–H and O–H groups in total. The Kier molecular flexibility index (Phi) is 4.61. The molecule has 1 aromatic heterocycles. The van der Waals surface area contributed by atoms with Crippen molar-refractivity contribution >= 4 is 11.6 Å². The number of hydrogen-bond acceptors (Lipinski definition) is 2. The van der Waals surface area contributed by atoms with Crippen molar-refractivity contribution < 1.29 is 0 Å². The van der Waals surface area contributed by atoms with Gasteiger partial charge in [-0.3, -0.25) is 4.68 Å². The maximum atomic E-state index is 6.18. The fourth-order valence-corrected chi connectivity index (χ4v) is 2.58. The topological polar surface area (TPSA) is 29.9 Å². The molecular weight excluding hydrogens is 258 g/mol. The zero-order chi connectivity index (χ0) is 13.8. The van der Waals surface area contributed by atoms with Gasteiger partial charge in [0.2, 0.25) is 0 Å². The van der Waals surface area contributed by atoms with Crippen molar-refractivity contribution in [3.05, 3.63) is 52.3 Å². The minimum absolute atomic E-state index is 0.129.